The van der Waals surface area contributed by atoms with E-state index in [2.05, 4.69) is 22.4 Å². The lowest BCUT2D eigenvalue weighted by Crippen LogP contribution is -2.35. The average Bonchev–Trinajstić information content (AvgIpc) is 2.81. The van der Waals surface area contributed by atoms with E-state index in [9.17, 15) is 4.79 Å². The SMILES string of the molecule is O=C(NC1Cc2ccccc2C1)c1cccnc1Cl. The van der Waals surface area contributed by atoms with E-state index in [1.807, 2.05) is 12.1 Å². The first kappa shape index (κ1) is 12.2. The number of hydrogen-bond acceptors (Lipinski definition) is 2. The summed E-state index contributed by atoms with van der Waals surface area (Å²) in [6.07, 6.45) is 3.32. The van der Waals surface area contributed by atoms with Gasteiger partial charge in [0.05, 0.1) is 5.56 Å². The molecule has 0 bridgehead atoms. The van der Waals surface area contributed by atoms with Crippen molar-refractivity contribution in [3.63, 3.8) is 0 Å². The molecule has 1 aromatic heterocycles. The maximum absolute atomic E-state index is 12.1. The molecule has 1 aromatic carbocycles. The summed E-state index contributed by atoms with van der Waals surface area (Å²) >= 11 is 5.92. The van der Waals surface area contributed by atoms with Crippen LogP contribution in [-0.2, 0) is 12.8 Å². The van der Waals surface area contributed by atoms with Gasteiger partial charge in [-0.2, -0.15) is 0 Å². The van der Waals surface area contributed by atoms with Crippen LogP contribution in [0.3, 0.4) is 0 Å². The van der Waals surface area contributed by atoms with Gasteiger partial charge in [-0.05, 0) is 36.1 Å². The number of pyridine rings is 1. The zero-order valence-electron chi connectivity index (χ0n) is 10.3. The van der Waals surface area contributed by atoms with Crippen molar-refractivity contribution in [2.75, 3.05) is 0 Å². The summed E-state index contributed by atoms with van der Waals surface area (Å²) < 4.78 is 0. The number of halogens is 1. The highest BCUT2D eigenvalue weighted by molar-refractivity contribution is 6.32. The largest absolute Gasteiger partial charge is 0.349 e. The molecule has 2 aromatic rings. The Morgan fingerprint density at radius 3 is 2.47 bits per heavy atom. The number of rotatable bonds is 2. The van der Waals surface area contributed by atoms with E-state index in [-0.39, 0.29) is 17.1 Å². The smallest absolute Gasteiger partial charge is 0.254 e. The van der Waals surface area contributed by atoms with Gasteiger partial charge in [0.15, 0.2) is 0 Å². The second kappa shape index (κ2) is 5.02. The summed E-state index contributed by atoms with van der Waals surface area (Å²) in [7, 11) is 0. The Hall–Kier alpha value is -1.87. The number of carbonyl (C=O) groups is 1. The first-order valence-electron chi connectivity index (χ1n) is 6.22. The molecule has 0 fully saturated rings. The number of benzene rings is 1. The lowest BCUT2D eigenvalue weighted by atomic mass is 10.1. The van der Waals surface area contributed by atoms with Gasteiger partial charge in [0.25, 0.3) is 5.91 Å². The lowest BCUT2D eigenvalue weighted by molar-refractivity contribution is 0.0938. The highest BCUT2D eigenvalue weighted by atomic mass is 35.5. The summed E-state index contributed by atoms with van der Waals surface area (Å²) in [6, 6.07) is 11.8. The molecule has 0 aliphatic heterocycles. The Morgan fingerprint density at radius 1 is 1.16 bits per heavy atom. The molecule has 1 amide bonds. The van der Waals surface area contributed by atoms with E-state index in [1.165, 1.54) is 11.1 Å². The van der Waals surface area contributed by atoms with E-state index in [4.69, 9.17) is 11.6 Å². The highest BCUT2D eigenvalue weighted by Gasteiger charge is 2.23. The predicted molar refractivity (Wildman–Crippen MR) is 74.4 cm³/mol. The molecule has 19 heavy (non-hydrogen) atoms. The molecule has 3 nitrogen and oxygen atoms in total. The van der Waals surface area contributed by atoms with Gasteiger partial charge in [-0.3, -0.25) is 4.79 Å². The van der Waals surface area contributed by atoms with Crippen molar-refractivity contribution in [3.05, 3.63) is 64.4 Å². The Bertz CT molecular complexity index is 602. The van der Waals surface area contributed by atoms with Crippen LogP contribution >= 0.6 is 11.6 Å². The normalized spacial score (nSPS) is 14.2. The number of hydrogen-bond donors (Lipinski definition) is 1. The second-order valence-electron chi connectivity index (χ2n) is 4.69. The summed E-state index contributed by atoms with van der Waals surface area (Å²) in [5.41, 5.74) is 3.05. The summed E-state index contributed by atoms with van der Waals surface area (Å²) in [6.45, 7) is 0. The number of carbonyl (C=O) groups excluding carboxylic acids is 1. The van der Waals surface area contributed by atoms with Crippen molar-refractivity contribution >= 4 is 17.5 Å². The summed E-state index contributed by atoms with van der Waals surface area (Å²) in [4.78, 5) is 16.1. The Labute approximate surface area is 116 Å². The first-order valence-corrected chi connectivity index (χ1v) is 6.60. The minimum atomic E-state index is -0.157. The summed E-state index contributed by atoms with van der Waals surface area (Å²) in [5.74, 6) is -0.157. The van der Waals surface area contributed by atoms with Crippen LogP contribution in [0, 0.1) is 0 Å². The van der Waals surface area contributed by atoms with Gasteiger partial charge in [0, 0.05) is 12.2 Å². The quantitative estimate of drug-likeness (QED) is 0.854. The van der Waals surface area contributed by atoms with Crippen molar-refractivity contribution in [2.24, 2.45) is 0 Å². The fourth-order valence-corrected chi connectivity index (χ4v) is 2.68. The van der Waals surface area contributed by atoms with Crippen molar-refractivity contribution < 1.29 is 4.79 Å². The Balaban J connectivity index is 1.71. The van der Waals surface area contributed by atoms with Crippen LogP contribution in [0.5, 0.6) is 0 Å². The maximum Gasteiger partial charge on any atom is 0.254 e. The topological polar surface area (TPSA) is 42.0 Å². The molecule has 0 spiro atoms. The molecule has 0 unspecified atom stereocenters. The van der Waals surface area contributed by atoms with Crippen LogP contribution in [0.15, 0.2) is 42.6 Å². The van der Waals surface area contributed by atoms with Crippen molar-refractivity contribution in [2.45, 2.75) is 18.9 Å². The van der Waals surface area contributed by atoms with Crippen molar-refractivity contribution in [3.8, 4) is 0 Å². The summed E-state index contributed by atoms with van der Waals surface area (Å²) in [5, 5.41) is 3.27. The number of amides is 1. The molecule has 1 aliphatic rings. The molecule has 3 rings (SSSR count). The van der Waals surface area contributed by atoms with Crippen LogP contribution in [-0.4, -0.2) is 16.9 Å². The van der Waals surface area contributed by atoms with Gasteiger partial charge in [-0.25, -0.2) is 4.98 Å². The molecule has 1 aliphatic carbocycles. The minimum absolute atomic E-state index is 0.140. The molecular formula is C15H13ClN2O. The molecule has 0 radical (unpaired) electrons. The molecule has 0 atom stereocenters. The number of nitrogens with zero attached hydrogens (tertiary/aromatic N) is 1. The van der Waals surface area contributed by atoms with Gasteiger partial charge in [-0.1, -0.05) is 35.9 Å². The van der Waals surface area contributed by atoms with Crippen LogP contribution in [0.4, 0.5) is 0 Å². The van der Waals surface area contributed by atoms with Gasteiger partial charge in [0.2, 0.25) is 0 Å². The number of aromatic nitrogens is 1. The molecular weight excluding hydrogens is 260 g/mol. The third-order valence-corrected chi connectivity index (χ3v) is 3.69. The van der Waals surface area contributed by atoms with Gasteiger partial charge in [-0.15, -0.1) is 0 Å². The van der Waals surface area contributed by atoms with E-state index in [1.54, 1.807) is 18.3 Å². The Morgan fingerprint density at radius 2 is 1.84 bits per heavy atom. The van der Waals surface area contributed by atoms with Crippen LogP contribution in [0.1, 0.15) is 21.5 Å². The van der Waals surface area contributed by atoms with Gasteiger partial charge in [0.1, 0.15) is 5.15 Å². The molecule has 0 saturated heterocycles. The lowest BCUT2D eigenvalue weighted by Gasteiger charge is -2.12. The van der Waals surface area contributed by atoms with Crippen LogP contribution in [0.2, 0.25) is 5.15 Å². The van der Waals surface area contributed by atoms with Gasteiger partial charge >= 0.3 is 0 Å². The van der Waals surface area contributed by atoms with E-state index >= 15 is 0 Å². The van der Waals surface area contributed by atoms with E-state index < -0.39 is 0 Å². The van der Waals surface area contributed by atoms with E-state index in [0.717, 1.165) is 12.8 Å². The predicted octanol–water partition coefficient (Wildman–Crippen LogP) is 2.63. The zero-order valence-corrected chi connectivity index (χ0v) is 11.0. The first-order chi connectivity index (χ1) is 9.24. The molecule has 1 heterocycles. The van der Waals surface area contributed by atoms with Gasteiger partial charge < -0.3 is 5.32 Å². The number of fused-ring (bicyclic) bond motifs is 1. The monoisotopic (exact) mass is 272 g/mol. The molecule has 0 saturated carbocycles. The fourth-order valence-electron chi connectivity index (χ4n) is 2.48. The molecule has 1 N–H and O–H groups in total. The van der Waals surface area contributed by atoms with Crippen molar-refractivity contribution in [1.82, 2.24) is 10.3 Å². The number of nitrogens with one attached hydrogen (secondary N) is 1. The molecule has 96 valence electrons. The Kier molecular flexibility index (Phi) is 3.22. The van der Waals surface area contributed by atoms with Crippen molar-refractivity contribution in [1.29, 1.82) is 0 Å². The third-order valence-electron chi connectivity index (χ3n) is 3.39. The average molecular weight is 273 g/mol. The fraction of sp³-hybridized carbons (Fsp3) is 0.200. The highest BCUT2D eigenvalue weighted by Crippen LogP contribution is 2.22. The maximum atomic E-state index is 12.1. The minimum Gasteiger partial charge on any atom is -0.349 e. The van der Waals surface area contributed by atoms with Crippen LogP contribution < -0.4 is 5.32 Å². The zero-order chi connectivity index (χ0) is 13.2. The second-order valence-corrected chi connectivity index (χ2v) is 5.05. The standard InChI is InChI=1S/C15H13ClN2O/c16-14-13(6-3-7-17-14)15(19)18-12-8-10-4-1-2-5-11(10)9-12/h1-7,12H,8-9H2,(H,18,19). The van der Waals surface area contributed by atoms with E-state index in [0.29, 0.717) is 5.56 Å². The third kappa shape index (κ3) is 2.47. The molecule has 4 heteroatoms. The van der Waals surface area contributed by atoms with Crippen LogP contribution in [0.25, 0.3) is 0 Å².